The number of benzene rings is 3. The zero-order valence-electron chi connectivity index (χ0n) is 21.1. The third kappa shape index (κ3) is 4.93. The Morgan fingerprint density at radius 2 is 2.03 bits per heavy atom. The van der Waals surface area contributed by atoms with E-state index in [0.29, 0.717) is 33.9 Å². The number of anilines is 1. The molecule has 0 radical (unpaired) electrons. The van der Waals surface area contributed by atoms with Crippen molar-refractivity contribution in [3.63, 3.8) is 0 Å². The second-order valence-corrected chi connectivity index (χ2v) is 10.4. The molecular formula is C29H30ClFN4O2. The number of likely N-dealkylation sites (N-methyl/N-ethyl adjacent to an activating group) is 1. The molecule has 3 aromatic rings. The molecule has 0 aromatic heterocycles. The number of carbonyl (C=O) groups excluding carboxylic acids is 1. The van der Waals surface area contributed by atoms with Crippen molar-refractivity contribution in [1.29, 1.82) is 0 Å². The van der Waals surface area contributed by atoms with E-state index in [0.717, 1.165) is 36.2 Å². The van der Waals surface area contributed by atoms with Crippen molar-refractivity contribution in [2.75, 3.05) is 25.0 Å². The Kier molecular flexibility index (Phi) is 6.92. The summed E-state index contributed by atoms with van der Waals surface area (Å²) in [6.07, 6.45) is 3.80. The van der Waals surface area contributed by atoms with E-state index in [1.807, 2.05) is 56.1 Å². The summed E-state index contributed by atoms with van der Waals surface area (Å²) < 4.78 is 14.2. The molecule has 192 valence electrons. The second-order valence-electron chi connectivity index (χ2n) is 9.92. The number of aromatic hydroxyl groups is 1. The lowest BCUT2D eigenvalue weighted by Gasteiger charge is -2.36. The molecule has 2 atom stereocenters. The van der Waals surface area contributed by atoms with Crippen LogP contribution in [0.5, 0.6) is 5.75 Å². The van der Waals surface area contributed by atoms with E-state index in [4.69, 9.17) is 11.6 Å². The first-order valence-corrected chi connectivity index (χ1v) is 12.8. The molecule has 37 heavy (non-hydrogen) atoms. The van der Waals surface area contributed by atoms with Gasteiger partial charge in [-0.05, 0) is 86.3 Å². The van der Waals surface area contributed by atoms with Crippen LogP contribution in [-0.2, 0) is 4.79 Å². The van der Waals surface area contributed by atoms with Crippen LogP contribution in [0.4, 0.5) is 15.8 Å². The van der Waals surface area contributed by atoms with Crippen molar-refractivity contribution in [2.24, 2.45) is 4.99 Å². The van der Waals surface area contributed by atoms with Crippen LogP contribution >= 0.6 is 11.6 Å². The van der Waals surface area contributed by atoms with Gasteiger partial charge in [0.15, 0.2) is 11.6 Å². The van der Waals surface area contributed by atoms with Crippen molar-refractivity contribution in [3.8, 4) is 16.9 Å². The minimum absolute atomic E-state index is 0.0861. The van der Waals surface area contributed by atoms with Crippen molar-refractivity contribution >= 4 is 35.2 Å². The van der Waals surface area contributed by atoms with Crippen LogP contribution in [0.3, 0.4) is 0 Å². The highest BCUT2D eigenvalue weighted by Crippen LogP contribution is 2.43. The summed E-state index contributed by atoms with van der Waals surface area (Å²) >= 11 is 6.39. The number of carbonyl (C=O) groups is 1. The quantitative estimate of drug-likeness (QED) is 0.439. The molecule has 8 heteroatoms. The second kappa shape index (κ2) is 10.1. The fourth-order valence-electron chi connectivity index (χ4n) is 5.28. The van der Waals surface area contributed by atoms with Crippen LogP contribution in [-0.4, -0.2) is 48.4 Å². The summed E-state index contributed by atoms with van der Waals surface area (Å²) in [7, 11) is 1.82. The summed E-state index contributed by atoms with van der Waals surface area (Å²) in [5, 5.41) is 14.5. The highest BCUT2D eigenvalue weighted by Gasteiger charge is 2.36. The number of hydrogen-bond donors (Lipinski definition) is 2. The highest BCUT2D eigenvalue weighted by atomic mass is 35.5. The number of halogens is 2. The molecule has 3 aromatic carbocycles. The van der Waals surface area contributed by atoms with Gasteiger partial charge in [0.05, 0.1) is 12.0 Å². The molecule has 1 fully saturated rings. The first-order chi connectivity index (χ1) is 17.7. The van der Waals surface area contributed by atoms with Gasteiger partial charge in [-0.2, -0.15) is 0 Å². The average Bonchev–Trinajstić information content (AvgIpc) is 3.37. The Bertz CT molecular complexity index is 1370. The van der Waals surface area contributed by atoms with E-state index < -0.39 is 17.6 Å². The number of nitrogens with zero attached hydrogens (tertiary/aromatic N) is 3. The van der Waals surface area contributed by atoms with Crippen molar-refractivity contribution in [3.05, 3.63) is 76.1 Å². The number of hydrogen-bond acceptors (Lipinski definition) is 5. The largest absolute Gasteiger partial charge is 0.504 e. The molecule has 0 aliphatic carbocycles. The zero-order chi connectivity index (χ0) is 26.3. The van der Waals surface area contributed by atoms with Gasteiger partial charge >= 0.3 is 0 Å². The van der Waals surface area contributed by atoms with E-state index in [1.165, 1.54) is 6.07 Å². The summed E-state index contributed by atoms with van der Waals surface area (Å²) in [4.78, 5) is 22.4. The van der Waals surface area contributed by atoms with Crippen LogP contribution in [0.25, 0.3) is 11.1 Å². The molecule has 1 amide bonds. The topological polar surface area (TPSA) is 68.2 Å². The number of para-hydroxylation sites is 1. The number of fused-ring (bicyclic) bond motifs is 1. The Labute approximate surface area is 221 Å². The zero-order valence-corrected chi connectivity index (χ0v) is 21.9. The van der Waals surface area contributed by atoms with Gasteiger partial charge in [-0.1, -0.05) is 23.7 Å². The minimum Gasteiger partial charge on any atom is -0.504 e. The number of aryl methyl sites for hydroxylation is 2. The van der Waals surface area contributed by atoms with Crippen LogP contribution < -0.4 is 10.2 Å². The predicted octanol–water partition coefficient (Wildman–Crippen LogP) is 5.90. The molecular weight excluding hydrogens is 491 g/mol. The molecule has 0 spiro atoms. The SMILES string of the molecule is Cc1cc(Cl)cc(N2C=Nc3cc(C)c(-c4cccc(F)c4O)cc3C2C(=O)N(C)C[C@@H]2CCCN2)c1. The monoisotopic (exact) mass is 520 g/mol. The van der Waals surface area contributed by atoms with E-state index >= 15 is 0 Å². The first-order valence-electron chi connectivity index (χ1n) is 12.4. The molecule has 2 N–H and O–H groups in total. The summed E-state index contributed by atoms with van der Waals surface area (Å²) in [5.41, 5.74) is 4.89. The Hall–Kier alpha value is -3.42. The number of nitrogens with one attached hydrogen (secondary N) is 1. The maximum Gasteiger partial charge on any atom is 0.250 e. The van der Waals surface area contributed by atoms with E-state index in [1.54, 1.807) is 23.4 Å². The predicted molar refractivity (Wildman–Crippen MR) is 146 cm³/mol. The summed E-state index contributed by atoms with van der Waals surface area (Å²) in [6, 6.07) is 13.4. The van der Waals surface area contributed by atoms with Gasteiger partial charge in [0, 0.05) is 41.5 Å². The van der Waals surface area contributed by atoms with Gasteiger partial charge in [0.2, 0.25) is 5.91 Å². The third-order valence-corrected chi connectivity index (χ3v) is 7.35. The maximum absolute atomic E-state index is 14.2. The Balaban J connectivity index is 1.63. The summed E-state index contributed by atoms with van der Waals surface area (Å²) in [5.74, 6) is -1.20. The number of phenolic OH excluding ortho intramolecular Hbond substituents is 1. The van der Waals surface area contributed by atoms with Crippen molar-refractivity contribution in [1.82, 2.24) is 10.2 Å². The molecule has 6 nitrogen and oxygen atoms in total. The molecule has 0 bridgehead atoms. The normalized spacial score (nSPS) is 18.7. The molecule has 1 unspecified atom stereocenters. The number of rotatable bonds is 5. The van der Waals surface area contributed by atoms with E-state index in [-0.39, 0.29) is 11.9 Å². The fraction of sp³-hybridized carbons (Fsp3) is 0.310. The van der Waals surface area contributed by atoms with Crippen LogP contribution in [0.1, 0.15) is 35.6 Å². The lowest BCUT2D eigenvalue weighted by atomic mass is 9.91. The number of aliphatic imine (C=N–C) groups is 1. The molecule has 1 saturated heterocycles. The van der Waals surface area contributed by atoms with E-state index in [2.05, 4.69) is 10.3 Å². The Morgan fingerprint density at radius 1 is 1.22 bits per heavy atom. The lowest BCUT2D eigenvalue weighted by Crippen LogP contribution is -2.46. The van der Waals surface area contributed by atoms with Crippen LogP contribution in [0, 0.1) is 19.7 Å². The molecule has 0 saturated carbocycles. The molecule has 2 aliphatic heterocycles. The minimum atomic E-state index is -0.716. The summed E-state index contributed by atoms with van der Waals surface area (Å²) in [6.45, 7) is 5.39. The van der Waals surface area contributed by atoms with Crippen molar-refractivity contribution < 1.29 is 14.3 Å². The van der Waals surface area contributed by atoms with Gasteiger partial charge in [0.1, 0.15) is 6.04 Å². The maximum atomic E-state index is 14.2. The molecule has 5 rings (SSSR count). The molecule has 2 aliphatic rings. The lowest BCUT2D eigenvalue weighted by molar-refractivity contribution is -0.131. The van der Waals surface area contributed by atoms with Gasteiger partial charge in [-0.3, -0.25) is 4.79 Å². The van der Waals surface area contributed by atoms with Gasteiger partial charge in [0.25, 0.3) is 0 Å². The van der Waals surface area contributed by atoms with Gasteiger partial charge < -0.3 is 20.2 Å². The average molecular weight is 521 g/mol. The van der Waals surface area contributed by atoms with Gasteiger partial charge in [-0.25, -0.2) is 9.38 Å². The first kappa shape index (κ1) is 25.2. The van der Waals surface area contributed by atoms with Gasteiger partial charge in [-0.15, -0.1) is 0 Å². The van der Waals surface area contributed by atoms with E-state index in [9.17, 15) is 14.3 Å². The van der Waals surface area contributed by atoms with Crippen LogP contribution in [0.15, 0.2) is 53.5 Å². The number of amides is 1. The van der Waals surface area contributed by atoms with Crippen molar-refractivity contribution in [2.45, 2.75) is 38.8 Å². The fourth-order valence-corrected chi connectivity index (χ4v) is 5.56. The Morgan fingerprint density at radius 3 is 2.76 bits per heavy atom. The standard InChI is InChI=1S/C29H30ClFN4O2/c1-17-10-19(30)13-21(11-17)35-16-33-26-12-18(2)23(22-7-4-8-25(31)28(22)36)14-24(26)27(35)29(37)34(3)15-20-6-5-9-32-20/h4,7-8,10-14,16,20,27,32,36H,5-6,9,15H2,1-3H3/t20-,27?/m0/s1. The number of phenols is 1. The van der Waals surface area contributed by atoms with Crippen LogP contribution in [0.2, 0.25) is 5.02 Å². The molecule has 2 heterocycles. The third-order valence-electron chi connectivity index (χ3n) is 7.14. The smallest absolute Gasteiger partial charge is 0.250 e. The highest BCUT2D eigenvalue weighted by molar-refractivity contribution is 6.31.